The quantitative estimate of drug-likeness (QED) is 0.571. The van der Waals surface area contributed by atoms with Crippen LogP contribution in [0.4, 0.5) is 0 Å². The maximum Gasteiger partial charge on any atom is 0.312 e. The molecule has 6 heteroatoms. The molecule has 0 saturated heterocycles. The minimum Gasteiger partial charge on any atom is -0.465 e. The molecule has 1 aromatic carbocycles. The first-order chi connectivity index (χ1) is 9.87. The molecule has 0 fully saturated rings. The summed E-state index contributed by atoms with van der Waals surface area (Å²) in [5.41, 5.74) is 1.50. The van der Waals surface area contributed by atoms with Gasteiger partial charge >= 0.3 is 5.97 Å². The number of carbonyl (C=O) groups is 1. The average molecular weight is 317 g/mol. The van der Waals surface area contributed by atoms with Crippen LogP contribution < -0.4 is 4.74 Å². The van der Waals surface area contributed by atoms with E-state index in [4.69, 9.17) is 30.5 Å². The van der Waals surface area contributed by atoms with Crippen LogP contribution in [0.2, 0.25) is 5.02 Å². The van der Waals surface area contributed by atoms with Crippen molar-refractivity contribution in [2.75, 3.05) is 14.2 Å². The molecule has 1 aromatic rings. The average Bonchev–Trinajstić information content (AvgIpc) is 2.42. The van der Waals surface area contributed by atoms with Crippen LogP contribution in [-0.2, 0) is 25.4 Å². The summed E-state index contributed by atoms with van der Waals surface area (Å²) in [6.45, 7) is 5.29. The fourth-order valence-corrected chi connectivity index (χ4v) is 2.00. The summed E-state index contributed by atoms with van der Waals surface area (Å²) in [5, 5.41) is 0.454. The molecule has 0 aliphatic heterocycles. The Kier molecular flexibility index (Phi) is 6.95. The first-order valence-electron chi connectivity index (χ1n) is 6.58. The number of rotatable bonds is 7. The number of ether oxygens (including phenoxy) is 4. The molecule has 0 radical (unpaired) electrons. The Bertz CT molecular complexity index is 489. The van der Waals surface area contributed by atoms with Crippen molar-refractivity contribution in [2.24, 2.45) is 0 Å². The Morgan fingerprint density at radius 1 is 1.19 bits per heavy atom. The number of hydrogen-bond donors (Lipinski definition) is 0. The van der Waals surface area contributed by atoms with E-state index in [1.807, 2.05) is 13.0 Å². The second-order valence-corrected chi connectivity index (χ2v) is 5.02. The van der Waals surface area contributed by atoms with Crippen LogP contribution in [0.25, 0.3) is 0 Å². The molecular weight excluding hydrogens is 296 g/mol. The van der Waals surface area contributed by atoms with E-state index in [0.717, 1.165) is 5.56 Å². The van der Waals surface area contributed by atoms with Crippen LogP contribution in [0.5, 0.6) is 5.75 Å². The fourth-order valence-electron chi connectivity index (χ4n) is 1.66. The van der Waals surface area contributed by atoms with Crippen molar-refractivity contribution < 1.29 is 23.7 Å². The summed E-state index contributed by atoms with van der Waals surface area (Å²) >= 11 is 6.22. The Labute approximate surface area is 130 Å². The minimum absolute atomic E-state index is 0.00141. The normalized spacial score (nSPS) is 13.6. The van der Waals surface area contributed by atoms with Crippen molar-refractivity contribution in [3.8, 4) is 5.75 Å². The van der Waals surface area contributed by atoms with Gasteiger partial charge < -0.3 is 18.9 Å². The molecule has 0 bridgehead atoms. The Morgan fingerprint density at radius 3 is 2.38 bits per heavy atom. The van der Waals surface area contributed by atoms with Crippen molar-refractivity contribution in [2.45, 2.75) is 39.8 Å². The van der Waals surface area contributed by atoms with Crippen LogP contribution in [-0.4, -0.2) is 32.8 Å². The van der Waals surface area contributed by atoms with Gasteiger partial charge in [-0.05, 0) is 38.5 Å². The minimum atomic E-state index is -0.607. The Hall–Kier alpha value is -1.30. The van der Waals surface area contributed by atoms with E-state index >= 15 is 0 Å². The van der Waals surface area contributed by atoms with Crippen molar-refractivity contribution >= 4 is 17.6 Å². The molecule has 118 valence electrons. The van der Waals surface area contributed by atoms with E-state index in [1.165, 1.54) is 14.2 Å². The molecule has 0 N–H and O–H groups in total. The lowest BCUT2D eigenvalue weighted by Crippen LogP contribution is -2.20. The number of halogens is 1. The van der Waals surface area contributed by atoms with Crippen molar-refractivity contribution in [3.05, 3.63) is 28.3 Å². The predicted molar refractivity (Wildman–Crippen MR) is 79.6 cm³/mol. The summed E-state index contributed by atoms with van der Waals surface area (Å²) in [6.07, 6.45) is -1.06. The lowest BCUT2D eigenvalue weighted by Gasteiger charge is -2.18. The van der Waals surface area contributed by atoms with Crippen LogP contribution in [0.1, 0.15) is 25.0 Å². The van der Waals surface area contributed by atoms with Gasteiger partial charge in [0, 0.05) is 24.8 Å². The molecule has 1 rings (SSSR count). The van der Waals surface area contributed by atoms with E-state index in [0.29, 0.717) is 16.3 Å². The van der Waals surface area contributed by atoms with Crippen molar-refractivity contribution in [1.82, 2.24) is 0 Å². The number of esters is 1. The fraction of sp³-hybridized carbons (Fsp3) is 0.533. The van der Waals surface area contributed by atoms with Gasteiger partial charge in [0.15, 0.2) is 12.6 Å². The molecule has 0 spiro atoms. The third kappa shape index (κ3) is 5.53. The maximum absolute atomic E-state index is 11.9. The highest BCUT2D eigenvalue weighted by atomic mass is 35.5. The molecule has 0 aliphatic rings. The smallest absolute Gasteiger partial charge is 0.312 e. The Balaban J connectivity index is 2.96. The topological polar surface area (TPSA) is 54.0 Å². The molecule has 2 atom stereocenters. The van der Waals surface area contributed by atoms with Gasteiger partial charge in [0.25, 0.3) is 0 Å². The lowest BCUT2D eigenvalue weighted by molar-refractivity contribution is -0.169. The van der Waals surface area contributed by atoms with Crippen LogP contribution in [0, 0.1) is 6.92 Å². The third-order valence-corrected chi connectivity index (χ3v) is 3.21. The SMILES string of the molecule is COC(C)OC(=O)Cc1c(Cl)cc(C)cc1OC(C)OC. The van der Waals surface area contributed by atoms with E-state index in [9.17, 15) is 4.79 Å². The molecule has 0 aromatic heterocycles. The standard InChI is InChI=1S/C15H21ClO5/c1-9-6-13(16)12(8-15(17)21-11(3)19-5)14(7-9)20-10(2)18-4/h6-7,10-11H,8H2,1-5H3. The molecule has 0 amide bonds. The number of aryl methyl sites for hydroxylation is 1. The van der Waals surface area contributed by atoms with E-state index in [-0.39, 0.29) is 6.42 Å². The monoisotopic (exact) mass is 316 g/mol. The van der Waals surface area contributed by atoms with Gasteiger partial charge in [0.2, 0.25) is 0 Å². The van der Waals surface area contributed by atoms with E-state index in [2.05, 4.69) is 0 Å². The molecule has 0 saturated carbocycles. The summed E-state index contributed by atoms with van der Waals surface area (Å²) < 4.78 is 20.7. The molecule has 5 nitrogen and oxygen atoms in total. The van der Waals surface area contributed by atoms with E-state index < -0.39 is 18.5 Å². The summed E-state index contributed by atoms with van der Waals surface area (Å²) in [5.74, 6) is 0.0707. The summed E-state index contributed by atoms with van der Waals surface area (Å²) in [6, 6.07) is 3.58. The number of hydrogen-bond acceptors (Lipinski definition) is 5. The van der Waals surface area contributed by atoms with Gasteiger partial charge in [-0.1, -0.05) is 11.6 Å². The third-order valence-electron chi connectivity index (χ3n) is 2.87. The zero-order valence-electron chi connectivity index (χ0n) is 12.9. The van der Waals surface area contributed by atoms with Gasteiger partial charge in [-0.25, -0.2) is 0 Å². The second-order valence-electron chi connectivity index (χ2n) is 4.61. The highest BCUT2D eigenvalue weighted by Crippen LogP contribution is 2.30. The first-order valence-corrected chi connectivity index (χ1v) is 6.96. The number of carbonyl (C=O) groups excluding carboxylic acids is 1. The molecular formula is C15H21ClO5. The number of benzene rings is 1. The summed E-state index contributed by atoms with van der Waals surface area (Å²) in [7, 11) is 3.00. The highest BCUT2D eigenvalue weighted by molar-refractivity contribution is 6.31. The van der Waals surface area contributed by atoms with Gasteiger partial charge in [0.05, 0.1) is 6.42 Å². The van der Waals surface area contributed by atoms with Crippen LogP contribution in [0.3, 0.4) is 0 Å². The van der Waals surface area contributed by atoms with Crippen LogP contribution in [0.15, 0.2) is 12.1 Å². The molecule has 0 heterocycles. The lowest BCUT2D eigenvalue weighted by atomic mass is 10.1. The zero-order valence-corrected chi connectivity index (χ0v) is 13.7. The number of methoxy groups -OCH3 is 2. The first kappa shape index (κ1) is 17.8. The highest BCUT2D eigenvalue weighted by Gasteiger charge is 2.18. The van der Waals surface area contributed by atoms with Crippen LogP contribution >= 0.6 is 11.6 Å². The zero-order chi connectivity index (χ0) is 16.0. The van der Waals surface area contributed by atoms with Gasteiger partial charge in [-0.2, -0.15) is 0 Å². The van der Waals surface area contributed by atoms with Gasteiger partial charge in [0.1, 0.15) is 5.75 Å². The summed E-state index contributed by atoms with van der Waals surface area (Å²) in [4.78, 5) is 11.9. The molecule has 0 aliphatic carbocycles. The van der Waals surface area contributed by atoms with Gasteiger partial charge in [-0.15, -0.1) is 0 Å². The largest absolute Gasteiger partial charge is 0.465 e. The molecule has 21 heavy (non-hydrogen) atoms. The Morgan fingerprint density at radius 2 is 1.81 bits per heavy atom. The van der Waals surface area contributed by atoms with Crippen molar-refractivity contribution in [1.29, 1.82) is 0 Å². The predicted octanol–water partition coefficient (Wildman–Crippen LogP) is 3.10. The van der Waals surface area contributed by atoms with E-state index in [1.54, 1.807) is 19.9 Å². The van der Waals surface area contributed by atoms with Crippen molar-refractivity contribution in [3.63, 3.8) is 0 Å². The maximum atomic E-state index is 11.9. The molecule has 2 unspecified atom stereocenters. The van der Waals surface area contributed by atoms with Gasteiger partial charge in [-0.3, -0.25) is 4.79 Å². The second kappa shape index (κ2) is 8.22.